The van der Waals surface area contributed by atoms with Crippen molar-refractivity contribution in [3.63, 3.8) is 0 Å². The summed E-state index contributed by atoms with van der Waals surface area (Å²) in [4.78, 5) is 13.8. The average molecular weight is 330 g/mol. The van der Waals surface area contributed by atoms with Gasteiger partial charge in [0.25, 0.3) is 0 Å². The average Bonchev–Trinajstić information content (AvgIpc) is 2.24. The molecule has 130 valence electrons. The minimum Gasteiger partial charge on any atom is -0.444 e. The van der Waals surface area contributed by atoms with Crippen molar-refractivity contribution in [3.8, 4) is 0 Å². The highest BCUT2D eigenvalue weighted by Gasteiger charge is 2.40. The van der Waals surface area contributed by atoms with Crippen LogP contribution >= 0.6 is 0 Å². The van der Waals surface area contributed by atoms with Gasteiger partial charge in [0.1, 0.15) is 5.60 Å². The van der Waals surface area contributed by atoms with Gasteiger partial charge in [-0.05, 0) is 45.8 Å². The molecule has 4 nitrogen and oxygen atoms in total. The summed E-state index contributed by atoms with van der Waals surface area (Å²) < 4.78 is 11.8. The molecule has 0 fully saturated rings. The van der Waals surface area contributed by atoms with Gasteiger partial charge in [-0.3, -0.25) is 0 Å². The van der Waals surface area contributed by atoms with Crippen LogP contribution < -0.4 is 0 Å². The molecule has 0 spiro atoms. The van der Waals surface area contributed by atoms with Crippen LogP contribution in [0, 0.1) is 0 Å². The quantitative estimate of drug-likeness (QED) is 0.536. The number of amides is 1. The van der Waals surface area contributed by atoms with Crippen molar-refractivity contribution in [1.82, 2.24) is 4.90 Å². The second kappa shape index (κ2) is 7.17. The maximum absolute atomic E-state index is 12.2. The lowest BCUT2D eigenvalue weighted by atomic mass is 10.1. The summed E-state index contributed by atoms with van der Waals surface area (Å²) in [7, 11) is -0.173. The molecule has 0 aromatic rings. The first-order valence-electron chi connectivity index (χ1n) is 7.88. The molecule has 0 aliphatic heterocycles. The Hall–Kier alpha value is -0.813. The monoisotopic (exact) mass is 329 g/mol. The van der Waals surface area contributed by atoms with Gasteiger partial charge in [-0.25, -0.2) is 4.79 Å². The van der Waals surface area contributed by atoms with Crippen LogP contribution in [0.3, 0.4) is 0 Å². The first-order valence-corrected chi connectivity index (χ1v) is 10.8. The van der Waals surface area contributed by atoms with Crippen LogP contribution in [0.15, 0.2) is 12.7 Å². The lowest BCUT2D eigenvalue weighted by Gasteiger charge is -2.41. The highest BCUT2D eigenvalue weighted by molar-refractivity contribution is 6.74. The van der Waals surface area contributed by atoms with E-state index in [0.717, 1.165) is 0 Å². The van der Waals surface area contributed by atoms with Gasteiger partial charge in [0, 0.05) is 7.05 Å². The Bertz CT molecular complexity index is 394. The molecule has 0 unspecified atom stereocenters. The normalized spacial score (nSPS) is 15.9. The summed E-state index contributed by atoms with van der Waals surface area (Å²) in [5.74, 6) is 0. The molecule has 22 heavy (non-hydrogen) atoms. The number of ether oxygens (including phenoxy) is 1. The van der Waals surface area contributed by atoms with Gasteiger partial charge in [-0.15, -0.1) is 6.58 Å². The minimum atomic E-state index is -1.90. The second-order valence-electron chi connectivity index (χ2n) is 8.40. The Morgan fingerprint density at radius 1 is 1.18 bits per heavy atom. The van der Waals surface area contributed by atoms with Crippen molar-refractivity contribution in [1.29, 1.82) is 0 Å². The van der Waals surface area contributed by atoms with E-state index in [9.17, 15) is 4.79 Å². The molecule has 2 atom stereocenters. The van der Waals surface area contributed by atoms with Crippen molar-refractivity contribution < 1.29 is 14.0 Å². The molecule has 0 saturated carbocycles. The fourth-order valence-corrected chi connectivity index (χ4v) is 3.25. The Morgan fingerprint density at radius 3 is 1.95 bits per heavy atom. The van der Waals surface area contributed by atoms with Crippen molar-refractivity contribution in [2.24, 2.45) is 0 Å². The third-order valence-electron chi connectivity index (χ3n) is 4.14. The van der Waals surface area contributed by atoms with Crippen molar-refractivity contribution in [2.75, 3.05) is 7.05 Å². The predicted molar refractivity (Wildman–Crippen MR) is 95.7 cm³/mol. The molecule has 0 aliphatic carbocycles. The zero-order valence-electron chi connectivity index (χ0n) is 16.1. The molecule has 0 saturated heterocycles. The number of rotatable bonds is 5. The molecule has 5 heteroatoms. The lowest BCUT2D eigenvalue weighted by Crippen LogP contribution is -2.51. The maximum Gasteiger partial charge on any atom is 0.410 e. The summed E-state index contributed by atoms with van der Waals surface area (Å²) in [6.07, 6.45) is 1.26. The highest BCUT2D eigenvalue weighted by Crippen LogP contribution is 2.37. The van der Waals surface area contributed by atoms with Crippen LogP contribution in [0.25, 0.3) is 0 Å². The predicted octanol–water partition coefficient (Wildman–Crippen LogP) is 4.82. The van der Waals surface area contributed by atoms with Crippen molar-refractivity contribution in [3.05, 3.63) is 12.7 Å². The smallest absolute Gasteiger partial charge is 0.410 e. The maximum atomic E-state index is 12.2. The molecular weight excluding hydrogens is 294 g/mol. The van der Waals surface area contributed by atoms with E-state index in [2.05, 4.69) is 40.4 Å². The van der Waals surface area contributed by atoms with Gasteiger partial charge in [0.2, 0.25) is 0 Å². The van der Waals surface area contributed by atoms with Crippen LogP contribution in [-0.2, 0) is 9.16 Å². The van der Waals surface area contributed by atoms with Gasteiger partial charge in [0.05, 0.1) is 12.1 Å². The molecular formula is C17H35NO3Si. The Morgan fingerprint density at radius 2 is 1.64 bits per heavy atom. The zero-order chi connectivity index (χ0) is 17.9. The van der Waals surface area contributed by atoms with E-state index in [-0.39, 0.29) is 23.3 Å². The fourth-order valence-electron chi connectivity index (χ4n) is 1.83. The number of carbonyl (C=O) groups excluding carboxylic acids is 1. The van der Waals surface area contributed by atoms with E-state index in [4.69, 9.17) is 9.16 Å². The van der Waals surface area contributed by atoms with Crippen LogP contribution in [0.4, 0.5) is 4.79 Å². The number of hydrogen-bond donors (Lipinski definition) is 0. The summed E-state index contributed by atoms with van der Waals surface area (Å²) in [6, 6.07) is -0.219. The van der Waals surface area contributed by atoms with E-state index in [1.165, 1.54) is 0 Å². The van der Waals surface area contributed by atoms with Crippen molar-refractivity contribution >= 4 is 14.4 Å². The van der Waals surface area contributed by atoms with Crippen molar-refractivity contribution in [2.45, 2.75) is 84.3 Å². The fraction of sp³-hybridized carbons (Fsp3) is 0.824. The summed E-state index contributed by atoms with van der Waals surface area (Å²) in [6.45, 7) is 22.4. The topological polar surface area (TPSA) is 38.8 Å². The highest BCUT2D eigenvalue weighted by atomic mass is 28.4. The lowest BCUT2D eigenvalue weighted by molar-refractivity contribution is 0.0141. The molecule has 0 aromatic heterocycles. The number of nitrogens with zero attached hydrogens (tertiary/aromatic N) is 1. The van der Waals surface area contributed by atoms with Crippen LogP contribution in [0.2, 0.25) is 18.1 Å². The summed E-state index contributed by atoms with van der Waals surface area (Å²) >= 11 is 0. The van der Waals surface area contributed by atoms with E-state index < -0.39 is 13.9 Å². The van der Waals surface area contributed by atoms with E-state index in [1.54, 1.807) is 18.0 Å². The largest absolute Gasteiger partial charge is 0.444 e. The van der Waals surface area contributed by atoms with Gasteiger partial charge in [-0.1, -0.05) is 26.8 Å². The van der Waals surface area contributed by atoms with Crippen LogP contribution in [-0.4, -0.2) is 44.1 Å². The molecule has 0 radical (unpaired) electrons. The Balaban J connectivity index is 5.04. The zero-order valence-corrected chi connectivity index (χ0v) is 17.1. The number of carbonyl (C=O) groups is 1. The molecule has 0 heterocycles. The summed E-state index contributed by atoms with van der Waals surface area (Å²) in [5.41, 5.74) is -0.513. The minimum absolute atomic E-state index is 0.122. The Labute approximate surface area is 138 Å². The van der Waals surface area contributed by atoms with Gasteiger partial charge in [-0.2, -0.15) is 0 Å². The second-order valence-corrected chi connectivity index (χ2v) is 13.2. The van der Waals surface area contributed by atoms with E-state index >= 15 is 0 Å². The molecule has 0 rings (SSSR count). The number of likely N-dealkylation sites (N-methyl/N-ethyl adjacent to an activating group) is 1. The van der Waals surface area contributed by atoms with Crippen LogP contribution in [0.5, 0.6) is 0 Å². The molecule has 0 aromatic carbocycles. The van der Waals surface area contributed by atoms with Gasteiger partial charge >= 0.3 is 6.09 Å². The first kappa shape index (κ1) is 21.2. The molecule has 0 bridgehead atoms. The standard InChI is InChI=1S/C17H35NO3Si/c1-12-14(18(9)15(19)20-16(3,4)5)13(2)21-22(10,11)17(6,7)8/h12-14H,1H2,2-11H3/t13-,14-/m1/s1. The third-order valence-corrected chi connectivity index (χ3v) is 8.71. The summed E-state index contributed by atoms with van der Waals surface area (Å²) in [5, 5.41) is 0.122. The first-order chi connectivity index (χ1) is 9.62. The van der Waals surface area contributed by atoms with Gasteiger partial charge < -0.3 is 14.1 Å². The number of hydrogen-bond acceptors (Lipinski definition) is 3. The van der Waals surface area contributed by atoms with Crippen LogP contribution in [0.1, 0.15) is 48.5 Å². The third kappa shape index (κ3) is 6.13. The molecule has 1 amide bonds. The van der Waals surface area contributed by atoms with E-state index in [0.29, 0.717) is 0 Å². The Kier molecular flexibility index (Phi) is 6.91. The molecule has 0 aliphatic rings. The SMILES string of the molecule is C=C[C@H]([C@@H](C)O[Si](C)(C)C(C)(C)C)N(C)C(=O)OC(C)(C)C. The van der Waals surface area contributed by atoms with Gasteiger partial charge in [0.15, 0.2) is 8.32 Å². The van der Waals surface area contributed by atoms with E-state index in [1.807, 2.05) is 27.7 Å². The molecule has 0 N–H and O–H groups in total.